The predicted molar refractivity (Wildman–Crippen MR) is 83.3 cm³/mol. The van der Waals surface area contributed by atoms with Crippen LogP contribution in [0.4, 0.5) is 5.69 Å². The minimum atomic E-state index is 0.668. The zero-order valence-corrected chi connectivity index (χ0v) is 12.5. The van der Waals surface area contributed by atoms with Crippen LogP contribution in [-0.4, -0.2) is 44.8 Å². The van der Waals surface area contributed by atoms with Gasteiger partial charge >= 0.3 is 0 Å². The second-order valence-corrected chi connectivity index (χ2v) is 6.30. The van der Waals surface area contributed by atoms with E-state index in [9.17, 15) is 0 Å². The Kier molecular flexibility index (Phi) is 4.58. The Labute approximate surface area is 122 Å². The van der Waals surface area contributed by atoms with Crippen LogP contribution in [-0.2, 0) is 4.74 Å². The smallest absolute Gasteiger partial charge is 0.0506 e. The summed E-state index contributed by atoms with van der Waals surface area (Å²) in [5, 5.41) is 3.51. The Morgan fingerprint density at radius 3 is 3.00 bits per heavy atom. The molecule has 0 bridgehead atoms. The maximum atomic E-state index is 5.59. The van der Waals surface area contributed by atoms with Gasteiger partial charge in [-0.05, 0) is 43.9 Å². The molecule has 0 aliphatic carbocycles. The highest BCUT2D eigenvalue weighted by Crippen LogP contribution is 2.31. The minimum Gasteiger partial charge on any atom is -0.385 e. The summed E-state index contributed by atoms with van der Waals surface area (Å²) in [6, 6.07) is 8.77. The first-order valence-corrected chi connectivity index (χ1v) is 7.92. The first kappa shape index (κ1) is 13.9. The number of rotatable bonds is 4. The van der Waals surface area contributed by atoms with Crippen molar-refractivity contribution in [2.45, 2.75) is 25.2 Å². The van der Waals surface area contributed by atoms with Gasteiger partial charge in [0, 0.05) is 37.8 Å². The molecular formula is C17H26N2O. The fourth-order valence-corrected chi connectivity index (χ4v) is 3.58. The standard InChI is InChI=1S/C17H26N2O/c1-19(11-14-5-4-10-20-13-14)12-15-8-9-18-17-7-3-2-6-16(15)17/h2-3,6-7,14-15,18H,4-5,8-13H2,1H3. The Balaban J connectivity index is 1.57. The van der Waals surface area contributed by atoms with Crippen molar-refractivity contribution in [1.82, 2.24) is 4.90 Å². The number of para-hydroxylation sites is 1. The number of benzene rings is 1. The summed E-state index contributed by atoms with van der Waals surface area (Å²) < 4.78 is 5.59. The van der Waals surface area contributed by atoms with Crippen LogP contribution in [0.25, 0.3) is 0 Å². The van der Waals surface area contributed by atoms with Gasteiger partial charge in [-0.3, -0.25) is 0 Å². The zero-order chi connectivity index (χ0) is 13.8. The van der Waals surface area contributed by atoms with Gasteiger partial charge in [0.25, 0.3) is 0 Å². The Bertz CT molecular complexity index is 429. The highest BCUT2D eigenvalue weighted by molar-refractivity contribution is 5.54. The summed E-state index contributed by atoms with van der Waals surface area (Å²) >= 11 is 0. The molecule has 0 radical (unpaired) electrons. The molecule has 2 aliphatic rings. The topological polar surface area (TPSA) is 24.5 Å². The van der Waals surface area contributed by atoms with Crippen LogP contribution in [0.2, 0.25) is 0 Å². The third kappa shape index (κ3) is 3.33. The lowest BCUT2D eigenvalue weighted by molar-refractivity contribution is 0.0412. The Morgan fingerprint density at radius 2 is 2.15 bits per heavy atom. The molecule has 0 amide bonds. The average molecular weight is 274 g/mol. The maximum Gasteiger partial charge on any atom is 0.0506 e. The second-order valence-electron chi connectivity index (χ2n) is 6.30. The first-order valence-electron chi connectivity index (χ1n) is 7.92. The largest absolute Gasteiger partial charge is 0.385 e. The number of nitrogens with one attached hydrogen (secondary N) is 1. The van der Waals surface area contributed by atoms with Gasteiger partial charge in [0.15, 0.2) is 0 Å². The summed E-state index contributed by atoms with van der Waals surface area (Å²) in [6.07, 6.45) is 3.80. The van der Waals surface area contributed by atoms with Crippen LogP contribution < -0.4 is 5.32 Å². The van der Waals surface area contributed by atoms with Crippen LogP contribution >= 0.6 is 0 Å². The molecule has 0 aromatic heterocycles. The molecule has 20 heavy (non-hydrogen) atoms. The van der Waals surface area contributed by atoms with E-state index in [2.05, 4.69) is 41.5 Å². The van der Waals surface area contributed by atoms with Gasteiger partial charge in [-0.2, -0.15) is 0 Å². The number of hydrogen-bond donors (Lipinski definition) is 1. The van der Waals surface area contributed by atoms with Gasteiger partial charge in [-0.25, -0.2) is 0 Å². The minimum absolute atomic E-state index is 0.668. The Morgan fingerprint density at radius 1 is 1.25 bits per heavy atom. The molecule has 3 heteroatoms. The SMILES string of the molecule is CN(CC1CCCOC1)CC1CCNc2ccccc21. The van der Waals surface area contributed by atoms with Crippen molar-refractivity contribution in [3.8, 4) is 0 Å². The molecule has 2 atom stereocenters. The number of nitrogens with zero attached hydrogens (tertiary/aromatic N) is 1. The van der Waals surface area contributed by atoms with E-state index >= 15 is 0 Å². The predicted octanol–water partition coefficient (Wildman–Crippen LogP) is 2.94. The molecule has 1 saturated heterocycles. The number of hydrogen-bond acceptors (Lipinski definition) is 3. The monoisotopic (exact) mass is 274 g/mol. The van der Waals surface area contributed by atoms with Crippen molar-refractivity contribution < 1.29 is 4.74 Å². The highest BCUT2D eigenvalue weighted by atomic mass is 16.5. The van der Waals surface area contributed by atoms with Crippen molar-refractivity contribution in [2.24, 2.45) is 5.92 Å². The van der Waals surface area contributed by atoms with Crippen LogP contribution in [0.5, 0.6) is 0 Å². The lowest BCUT2D eigenvalue weighted by atomic mass is 9.90. The van der Waals surface area contributed by atoms with Crippen molar-refractivity contribution in [3.63, 3.8) is 0 Å². The Hall–Kier alpha value is -1.06. The fourth-order valence-electron chi connectivity index (χ4n) is 3.58. The van der Waals surface area contributed by atoms with Gasteiger partial charge in [-0.15, -0.1) is 0 Å². The lowest BCUT2D eigenvalue weighted by Crippen LogP contribution is -2.34. The van der Waals surface area contributed by atoms with Crippen LogP contribution in [0.15, 0.2) is 24.3 Å². The van der Waals surface area contributed by atoms with Crippen molar-refractivity contribution in [2.75, 3.05) is 45.2 Å². The summed E-state index contributed by atoms with van der Waals surface area (Å²) in [7, 11) is 2.26. The van der Waals surface area contributed by atoms with E-state index in [0.717, 1.165) is 32.2 Å². The zero-order valence-electron chi connectivity index (χ0n) is 12.5. The van der Waals surface area contributed by atoms with Gasteiger partial charge in [-0.1, -0.05) is 18.2 Å². The van der Waals surface area contributed by atoms with Crippen LogP contribution in [0.3, 0.4) is 0 Å². The van der Waals surface area contributed by atoms with E-state index < -0.39 is 0 Å². The van der Waals surface area contributed by atoms with E-state index in [-0.39, 0.29) is 0 Å². The summed E-state index contributed by atoms with van der Waals surface area (Å²) in [5.41, 5.74) is 2.82. The fraction of sp³-hybridized carbons (Fsp3) is 0.647. The van der Waals surface area contributed by atoms with Crippen molar-refractivity contribution >= 4 is 5.69 Å². The third-order valence-electron chi connectivity index (χ3n) is 4.57. The van der Waals surface area contributed by atoms with E-state index in [4.69, 9.17) is 4.74 Å². The van der Waals surface area contributed by atoms with E-state index in [1.54, 1.807) is 0 Å². The normalized spacial score (nSPS) is 26.1. The van der Waals surface area contributed by atoms with E-state index in [0.29, 0.717) is 5.92 Å². The van der Waals surface area contributed by atoms with Crippen LogP contribution in [0.1, 0.15) is 30.7 Å². The highest BCUT2D eigenvalue weighted by Gasteiger charge is 2.22. The number of likely N-dealkylation sites (N-methyl/N-ethyl adjacent to an activating group) is 1. The van der Waals surface area contributed by atoms with Crippen LogP contribution in [0, 0.1) is 5.92 Å². The molecule has 1 aromatic carbocycles. The quantitative estimate of drug-likeness (QED) is 0.913. The molecule has 0 saturated carbocycles. The molecule has 1 fully saturated rings. The molecular weight excluding hydrogens is 248 g/mol. The molecule has 110 valence electrons. The van der Waals surface area contributed by atoms with E-state index in [1.807, 2.05) is 0 Å². The molecule has 1 aromatic rings. The number of fused-ring (bicyclic) bond motifs is 1. The molecule has 2 aliphatic heterocycles. The molecule has 0 spiro atoms. The van der Waals surface area contributed by atoms with Gasteiger partial charge in [0.1, 0.15) is 0 Å². The molecule has 3 rings (SSSR count). The first-order chi connectivity index (χ1) is 9.83. The second kappa shape index (κ2) is 6.59. The molecule has 2 unspecified atom stereocenters. The van der Waals surface area contributed by atoms with Gasteiger partial charge in [0.2, 0.25) is 0 Å². The summed E-state index contributed by atoms with van der Waals surface area (Å²) in [6.45, 7) is 5.35. The van der Waals surface area contributed by atoms with Gasteiger partial charge in [0.05, 0.1) is 6.61 Å². The summed E-state index contributed by atoms with van der Waals surface area (Å²) in [5.74, 6) is 1.40. The maximum absolute atomic E-state index is 5.59. The molecule has 2 heterocycles. The number of ether oxygens (including phenoxy) is 1. The molecule has 1 N–H and O–H groups in total. The lowest BCUT2D eigenvalue weighted by Gasteiger charge is -2.32. The van der Waals surface area contributed by atoms with Crippen molar-refractivity contribution in [3.05, 3.63) is 29.8 Å². The van der Waals surface area contributed by atoms with E-state index in [1.165, 1.54) is 37.1 Å². The van der Waals surface area contributed by atoms with Crippen molar-refractivity contribution in [1.29, 1.82) is 0 Å². The third-order valence-corrected chi connectivity index (χ3v) is 4.57. The summed E-state index contributed by atoms with van der Waals surface area (Å²) in [4.78, 5) is 2.51. The average Bonchev–Trinajstić information content (AvgIpc) is 2.48. The molecule has 3 nitrogen and oxygen atoms in total. The van der Waals surface area contributed by atoms with Gasteiger partial charge < -0.3 is 15.0 Å². The number of anilines is 1.